The number of nitrogens with one attached hydrogen (secondary N) is 1. The SMILES string of the molecule is CC(CCl)CCCNC(=O)c1ccc(F)c(C(F)(F)F)c1. The van der Waals surface area contributed by atoms with Crippen LogP contribution in [0.5, 0.6) is 0 Å². The highest BCUT2D eigenvalue weighted by Gasteiger charge is 2.34. The molecule has 1 aromatic rings. The molecule has 0 saturated carbocycles. The number of rotatable bonds is 6. The van der Waals surface area contributed by atoms with E-state index < -0.39 is 23.5 Å². The summed E-state index contributed by atoms with van der Waals surface area (Å²) in [5, 5.41) is 2.50. The molecule has 0 aliphatic rings. The van der Waals surface area contributed by atoms with Crippen LogP contribution in [0.4, 0.5) is 17.6 Å². The van der Waals surface area contributed by atoms with Crippen molar-refractivity contribution in [1.29, 1.82) is 0 Å². The Morgan fingerprint density at radius 2 is 2.05 bits per heavy atom. The molecule has 2 nitrogen and oxygen atoms in total. The monoisotopic (exact) mass is 325 g/mol. The molecule has 118 valence electrons. The first-order chi connectivity index (χ1) is 9.75. The second-order valence-electron chi connectivity index (χ2n) is 4.85. The number of alkyl halides is 4. The molecule has 0 saturated heterocycles. The number of benzene rings is 1. The molecule has 0 aliphatic carbocycles. The molecule has 0 radical (unpaired) electrons. The predicted molar refractivity (Wildman–Crippen MR) is 72.9 cm³/mol. The standard InChI is InChI=1S/C14H16ClF4NO/c1-9(8-15)3-2-6-20-13(21)10-4-5-12(16)11(7-10)14(17,18)19/h4-5,7,9H,2-3,6,8H2,1H3,(H,20,21). The molecule has 1 N–H and O–H groups in total. The zero-order valence-corrected chi connectivity index (χ0v) is 12.2. The van der Waals surface area contributed by atoms with Gasteiger partial charge in [-0.25, -0.2) is 4.39 Å². The van der Waals surface area contributed by atoms with E-state index >= 15 is 0 Å². The number of halogens is 5. The van der Waals surface area contributed by atoms with Crippen LogP contribution in [-0.4, -0.2) is 18.3 Å². The van der Waals surface area contributed by atoms with Crippen molar-refractivity contribution in [2.45, 2.75) is 25.9 Å². The van der Waals surface area contributed by atoms with Crippen molar-refractivity contribution < 1.29 is 22.4 Å². The number of hydrogen-bond donors (Lipinski definition) is 1. The maximum atomic E-state index is 13.1. The van der Waals surface area contributed by atoms with Crippen LogP contribution in [0.2, 0.25) is 0 Å². The van der Waals surface area contributed by atoms with Gasteiger partial charge < -0.3 is 5.32 Å². The van der Waals surface area contributed by atoms with E-state index in [-0.39, 0.29) is 5.56 Å². The third-order valence-electron chi connectivity index (χ3n) is 2.96. The van der Waals surface area contributed by atoms with Crippen molar-refractivity contribution >= 4 is 17.5 Å². The quantitative estimate of drug-likeness (QED) is 0.473. The van der Waals surface area contributed by atoms with Gasteiger partial charge in [-0.1, -0.05) is 6.92 Å². The van der Waals surface area contributed by atoms with E-state index in [4.69, 9.17) is 11.6 Å². The highest BCUT2D eigenvalue weighted by molar-refractivity contribution is 6.18. The van der Waals surface area contributed by atoms with Crippen molar-refractivity contribution in [3.8, 4) is 0 Å². The Labute approximate surface area is 125 Å². The summed E-state index contributed by atoms with van der Waals surface area (Å²) in [6.45, 7) is 2.29. The zero-order valence-electron chi connectivity index (χ0n) is 11.4. The summed E-state index contributed by atoms with van der Waals surface area (Å²) in [5.74, 6) is -1.22. The van der Waals surface area contributed by atoms with Gasteiger partial charge in [0.15, 0.2) is 0 Å². The van der Waals surface area contributed by atoms with Gasteiger partial charge in [-0.05, 0) is 37.0 Å². The van der Waals surface area contributed by atoms with Crippen LogP contribution in [0.3, 0.4) is 0 Å². The van der Waals surface area contributed by atoms with Gasteiger partial charge in [-0.2, -0.15) is 13.2 Å². The summed E-state index contributed by atoms with van der Waals surface area (Å²) >= 11 is 5.63. The summed E-state index contributed by atoms with van der Waals surface area (Å²) in [5.41, 5.74) is -1.65. The summed E-state index contributed by atoms with van der Waals surface area (Å²) in [6.07, 6.45) is -3.34. The smallest absolute Gasteiger partial charge is 0.352 e. The largest absolute Gasteiger partial charge is 0.419 e. The molecule has 1 amide bonds. The molecule has 0 aromatic heterocycles. The van der Waals surface area contributed by atoms with Gasteiger partial charge >= 0.3 is 6.18 Å². The molecule has 21 heavy (non-hydrogen) atoms. The number of carbonyl (C=O) groups is 1. The van der Waals surface area contributed by atoms with E-state index in [0.29, 0.717) is 36.9 Å². The van der Waals surface area contributed by atoms with Gasteiger partial charge in [0.1, 0.15) is 5.82 Å². The van der Waals surface area contributed by atoms with Crippen LogP contribution in [-0.2, 0) is 6.18 Å². The first-order valence-corrected chi connectivity index (χ1v) is 7.00. The third kappa shape index (κ3) is 5.53. The summed E-state index contributed by atoms with van der Waals surface area (Å²) in [4.78, 5) is 11.7. The fourth-order valence-corrected chi connectivity index (χ4v) is 1.87. The molecule has 0 fully saturated rings. The summed E-state index contributed by atoms with van der Waals surface area (Å²) in [6, 6.07) is 2.20. The topological polar surface area (TPSA) is 29.1 Å². The summed E-state index contributed by atoms with van der Waals surface area (Å²) < 4.78 is 50.7. The molecule has 7 heteroatoms. The van der Waals surface area contributed by atoms with Gasteiger partial charge in [-0.15, -0.1) is 11.6 Å². The minimum absolute atomic E-state index is 0.214. The van der Waals surface area contributed by atoms with E-state index in [2.05, 4.69) is 5.32 Å². The highest BCUT2D eigenvalue weighted by Crippen LogP contribution is 2.31. The van der Waals surface area contributed by atoms with Crippen LogP contribution < -0.4 is 5.32 Å². The van der Waals surface area contributed by atoms with Crippen LogP contribution in [0.15, 0.2) is 18.2 Å². The van der Waals surface area contributed by atoms with Crippen molar-refractivity contribution in [3.63, 3.8) is 0 Å². The molecular formula is C14H16ClF4NO. The summed E-state index contributed by atoms with van der Waals surface area (Å²) in [7, 11) is 0. The van der Waals surface area contributed by atoms with Crippen molar-refractivity contribution in [3.05, 3.63) is 35.1 Å². The molecule has 0 spiro atoms. The van der Waals surface area contributed by atoms with E-state index in [1.165, 1.54) is 0 Å². The molecular weight excluding hydrogens is 310 g/mol. The van der Waals surface area contributed by atoms with E-state index in [9.17, 15) is 22.4 Å². The zero-order chi connectivity index (χ0) is 16.0. The molecule has 1 rings (SSSR count). The third-order valence-corrected chi connectivity index (χ3v) is 3.48. The van der Waals surface area contributed by atoms with Crippen molar-refractivity contribution in [2.24, 2.45) is 5.92 Å². The lowest BCUT2D eigenvalue weighted by Crippen LogP contribution is -2.25. The number of carbonyl (C=O) groups excluding carboxylic acids is 1. The average Bonchev–Trinajstić information content (AvgIpc) is 2.42. The number of amides is 1. The maximum absolute atomic E-state index is 13.1. The van der Waals surface area contributed by atoms with Crippen LogP contribution in [0, 0.1) is 11.7 Å². The molecule has 1 unspecified atom stereocenters. The van der Waals surface area contributed by atoms with E-state index in [1.54, 1.807) is 0 Å². The normalized spacial score (nSPS) is 13.0. The van der Waals surface area contributed by atoms with Crippen molar-refractivity contribution in [2.75, 3.05) is 12.4 Å². The molecule has 0 heterocycles. The molecule has 0 bridgehead atoms. The van der Waals surface area contributed by atoms with E-state index in [0.717, 1.165) is 12.5 Å². The Hall–Kier alpha value is -1.30. The number of hydrogen-bond acceptors (Lipinski definition) is 1. The minimum atomic E-state index is -4.82. The van der Waals surface area contributed by atoms with Crippen LogP contribution in [0.1, 0.15) is 35.7 Å². The Bertz CT molecular complexity index is 490. The fraction of sp³-hybridized carbons (Fsp3) is 0.500. The molecule has 0 aliphatic heterocycles. The Balaban J connectivity index is 2.63. The highest BCUT2D eigenvalue weighted by atomic mass is 35.5. The van der Waals surface area contributed by atoms with Gasteiger partial charge in [0.05, 0.1) is 5.56 Å². The first kappa shape index (κ1) is 17.8. The van der Waals surface area contributed by atoms with Gasteiger partial charge in [-0.3, -0.25) is 4.79 Å². The van der Waals surface area contributed by atoms with Gasteiger partial charge in [0.25, 0.3) is 5.91 Å². The van der Waals surface area contributed by atoms with Crippen LogP contribution >= 0.6 is 11.6 Å². The fourth-order valence-electron chi connectivity index (χ4n) is 1.72. The maximum Gasteiger partial charge on any atom is 0.419 e. The van der Waals surface area contributed by atoms with Gasteiger partial charge in [0.2, 0.25) is 0 Å². The Morgan fingerprint density at radius 3 is 2.62 bits per heavy atom. The predicted octanol–water partition coefficient (Wildman–Crippen LogP) is 4.23. The lowest BCUT2D eigenvalue weighted by atomic mass is 10.1. The molecule has 1 aromatic carbocycles. The Kier molecular flexibility index (Phi) is 6.45. The average molecular weight is 326 g/mol. The molecule has 1 atom stereocenters. The first-order valence-electron chi connectivity index (χ1n) is 6.46. The van der Waals surface area contributed by atoms with E-state index in [1.807, 2.05) is 6.92 Å². The van der Waals surface area contributed by atoms with Crippen LogP contribution in [0.25, 0.3) is 0 Å². The lowest BCUT2D eigenvalue weighted by molar-refractivity contribution is -0.140. The van der Waals surface area contributed by atoms with Crippen molar-refractivity contribution in [1.82, 2.24) is 5.32 Å². The lowest BCUT2D eigenvalue weighted by Gasteiger charge is -2.11. The minimum Gasteiger partial charge on any atom is -0.352 e. The second kappa shape index (κ2) is 7.64. The van der Waals surface area contributed by atoms with Gasteiger partial charge in [0, 0.05) is 18.0 Å². The second-order valence-corrected chi connectivity index (χ2v) is 5.16. The Morgan fingerprint density at radius 1 is 1.38 bits per heavy atom.